The molecule has 1 fully saturated rings. The van der Waals surface area contributed by atoms with Crippen LogP contribution in [-0.2, 0) is 4.74 Å². The first-order valence-electron chi connectivity index (χ1n) is 5.60. The van der Waals surface area contributed by atoms with Crippen molar-refractivity contribution in [3.63, 3.8) is 0 Å². The number of likely N-dealkylation sites (tertiary alicyclic amines) is 1. The maximum absolute atomic E-state index is 5.86. The van der Waals surface area contributed by atoms with Gasteiger partial charge in [0.25, 0.3) is 0 Å². The first-order valence-corrected chi connectivity index (χ1v) is 5.60. The summed E-state index contributed by atoms with van der Waals surface area (Å²) in [7, 11) is 0. The highest BCUT2D eigenvalue weighted by molar-refractivity contribution is 4.90. The third kappa shape index (κ3) is 2.74. The average molecular weight is 197 g/mol. The Bertz CT molecular complexity index is 179. The molecule has 1 rings (SSSR count). The third-order valence-corrected chi connectivity index (χ3v) is 2.90. The molecule has 0 spiro atoms. The van der Waals surface area contributed by atoms with E-state index in [2.05, 4.69) is 39.2 Å². The normalized spacial score (nSPS) is 33.5. The van der Waals surface area contributed by atoms with E-state index < -0.39 is 0 Å². The van der Waals surface area contributed by atoms with E-state index in [1.807, 2.05) is 6.20 Å². The minimum absolute atomic E-state index is 0.342. The molecule has 0 aromatic carbocycles. The lowest BCUT2D eigenvalue weighted by Gasteiger charge is -2.42. The summed E-state index contributed by atoms with van der Waals surface area (Å²) in [5.41, 5.74) is 0. The van der Waals surface area contributed by atoms with Crippen LogP contribution >= 0.6 is 0 Å². The summed E-state index contributed by atoms with van der Waals surface area (Å²) < 4.78 is 5.86. The van der Waals surface area contributed by atoms with Crippen LogP contribution in [0.3, 0.4) is 0 Å². The Balaban J connectivity index is 2.51. The molecule has 14 heavy (non-hydrogen) atoms. The number of ether oxygens (including phenoxy) is 1. The minimum Gasteiger partial charge on any atom is -0.375 e. The highest BCUT2D eigenvalue weighted by Crippen LogP contribution is 2.25. The maximum atomic E-state index is 5.86. The van der Waals surface area contributed by atoms with Gasteiger partial charge in [0.2, 0.25) is 0 Å². The molecule has 2 heteroatoms. The molecule has 0 bridgehead atoms. The second-order valence-electron chi connectivity index (χ2n) is 4.61. The Morgan fingerprint density at radius 1 is 1.29 bits per heavy atom. The van der Waals surface area contributed by atoms with Crippen LogP contribution in [0.1, 0.15) is 40.5 Å². The number of hydrogen-bond donors (Lipinski definition) is 0. The summed E-state index contributed by atoms with van der Waals surface area (Å²) in [5.74, 6) is 0. The Hall–Kier alpha value is -0.500. The van der Waals surface area contributed by atoms with Crippen LogP contribution in [0.2, 0.25) is 0 Å². The number of rotatable bonds is 3. The van der Waals surface area contributed by atoms with Gasteiger partial charge in [-0.05, 0) is 46.7 Å². The SMILES string of the molecule is C=CN1[C@H](C)CC(OC(C)C)C[C@@H]1C. The monoisotopic (exact) mass is 197 g/mol. The van der Waals surface area contributed by atoms with Crippen molar-refractivity contribution in [2.24, 2.45) is 0 Å². The highest BCUT2D eigenvalue weighted by Gasteiger charge is 2.29. The Labute approximate surface area is 87.9 Å². The lowest BCUT2D eigenvalue weighted by molar-refractivity contribution is -0.0471. The van der Waals surface area contributed by atoms with Gasteiger partial charge in [-0.15, -0.1) is 0 Å². The van der Waals surface area contributed by atoms with Crippen molar-refractivity contribution in [1.29, 1.82) is 0 Å². The first-order chi connectivity index (χ1) is 6.54. The van der Waals surface area contributed by atoms with Crippen LogP contribution in [0.25, 0.3) is 0 Å². The van der Waals surface area contributed by atoms with Crippen molar-refractivity contribution < 1.29 is 4.74 Å². The molecule has 3 atom stereocenters. The van der Waals surface area contributed by atoms with Crippen LogP contribution in [0.5, 0.6) is 0 Å². The van der Waals surface area contributed by atoms with Gasteiger partial charge in [0.15, 0.2) is 0 Å². The zero-order valence-electron chi connectivity index (χ0n) is 9.86. The number of piperidine rings is 1. The van der Waals surface area contributed by atoms with Gasteiger partial charge >= 0.3 is 0 Å². The van der Waals surface area contributed by atoms with Crippen LogP contribution in [-0.4, -0.2) is 29.2 Å². The Morgan fingerprint density at radius 3 is 2.14 bits per heavy atom. The molecule has 1 heterocycles. The molecule has 0 N–H and O–H groups in total. The molecule has 0 aromatic heterocycles. The molecule has 82 valence electrons. The standard InChI is InChI=1S/C12H23NO/c1-6-13-10(4)7-12(8-11(13)5)14-9(2)3/h6,9-12H,1,7-8H2,2-5H3/t10-,11+,12?. The van der Waals surface area contributed by atoms with Crippen molar-refractivity contribution in [1.82, 2.24) is 4.90 Å². The molecule has 1 aliphatic rings. The molecule has 0 aromatic rings. The van der Waals surface area contributed by atoms with E-state index in [0.29, 0.717) is 24.3 Å². The van der Waals surface area contributed by atoms with E-state index in [-0.39, 0.29) is 0 Å². The van der Waals surface area contributed by atoms with E-state index in [9.17, 15) is 0 Å². The number of nitrogens with zero attached hydrogens (tertiary/aromatic N) is 1. The fourth-order valence-electron chi connectivity index (χ4n) is 2.39. The largest absolute Gasteiger partial charge is 0.375 e. The fraction of sp³-hybridized carbons (Fsp3) is 0.833. The predicted octanol–water partition coefficient (Wildman–Crippen LogP) is 2.80. The molecule has 2 nitrogen and oxygen atoms in total. The summed E-state index contributed by atoms with van der Waals surface area (Å²) in [5, 5.41) is 0. The van der Waals surface area contributed by atoms with Gasteiger partial charge in [0, 0.05) is 12.1 Å². The van der Waals surface area contributed by atoms with E-state index in [4.69, 9.17) is 4.74 Å². The summed E-state index contributed by atoms with van der Waals surface area (Å²) in [6.45, 7) is 12.6. The predicted molar refractivity (Wildman–Crippen MR) is 60.2 cm³/mol. The summed E-state index contributed by atoms with van der Waals surface area (Å²) in [6.07, 6.45) is 4.97. The zero-order chi connectivity index (χ0) is 10.7. The lowest BCUT2D eigenvalue weighted by atomic mass is 9.95. The Morgan fingerprint density at radius 2 is 1.79 bits per heavy atom. The quantitative estimate of drug-likeness (QED) is 0.690. The zero-order valence-corrected chi connectivity index (χ0v) is 9.86. The van der Waals surface area contributed by atoms with Crippen LogP contribution in [0, 0.1) is 0 Å². The molecule has 0 saturated carbocycles. The van der Waals surface area contributed by atoms with Crippen LogP contribution in [0.4, 0.5) is 0 Å². The molecule has 1 saturated heterocycles. The molecule has 0 amide bonds. The fourth-order valence-corrected chi connectivity index (χ4v) is 2.39. The highest BCUT2D eigenvalue weighted by atomic mass is 16.5. The second kappa shape index (κ2) is 4.83. The van der Waals surface area contributed by atoms with Gasteiger partial charge < -0.3 is 9.64 Å². The van der Waals surface area contributed by atoms with Crippen molar-refractivity contribution in [3.05, 3.63) is 12.8 Å². The second-order valence-corrected chi connectivity index (χ2v) is 4.61. The molecule has 1 aliphatic heterocycles. The first kappa shape index (κ1) is 11.6. The topological polar surface area (TPSA) is 12.5 Å². The van der Waals surface area contributed by atoms with E-state index in [1.54, 1.807) is 0 Å². The molecule has 0 radical (unpaired) electrons. The van der Waals surface area contributed by atoms with Gasteiger partial charge in [0.1, 0.15) is 0 Å². The van der Waals surface area contributed by atoms with E-state index >= 15 is 0 Å². The summed E-state index contributed by atoms with van der Waals surface area (Å²) in [4.78, 5) is 2.33. The van der Waals surface area contributed by atoms with Gasteiger partial charge in [0.05, 0.1) is 12.2 Å². The lowest BCUT2D eigenvalue weighted by Crippen LogP contribution is -2.46. The van der Waals surface area contributed by atoms with Crippen molar-refractivity contribution in [3.8, 4) is 0 Å². The molecule has 0 aliphatic carbocycles. The maximum Gasteiger partial charge on any atom is 0.0617 e. The van der Waals surface area contributed by atoms with Crippen LogP contribution in [0.15, 0.2) is 12.8 Å². The Kier molecular flexibility index (Phi) is 3.99. The molecule has 1 unspecified atom stereocenters. The molecular formula is C12H23NO. The molecular weight excluding hydrogens is 174 g/mol. The van der Waals surface area contributed by atoms with Gasteiger partial charge in [-0.2, -0.15) is 0 Å². The third-order valence-electron chi connectivity index (χ3n) is 2.90. The van der Waals surface area contributed by atoms with E-state index in [0.717, 1.165) is 12.8 Å². The summed E-state index contributed by atoms with van der Waals surface area (Å²) >= 11 is 0. The smallest absolute Gasteiger partial charge is 0.0617 e. The van der Waals surface area contributed by atoms with E-state index in [1.165, 1.54) is 0 Å². The minimum atomic E-state index is 0.342. The van der Waals surface area contributed by atoms with Gasteiger partial charge in [-0.25, -0.2) is 0 Å². The number of hydrogen-bond acceptors (Lipinski definition) is 2. The van der Waals surface area contributed by atoms with Crippen LogP contribution < -0.4 is 0 Å². The van der Waals surface area contributed by atoms with Crippen molar-refractivity contribution in [2.75, 3.05) is 0 Å². The van der Waals surface area contributed by atoms with Crippen molar-refractivity contribution >= 4 is 0 Å². The average Bonchev–Trinajstić information content (AvgIpc) is 2.01. The van der Waals surface area contributed by atoms with Crippen molar-refractivity contribution in [2.45, 2.75) is 64.8 Å². The van der Waals surface area contributed by atoms with Gasteiger partial charge in [-0.3, -0.25) is 0 Å². The van der Waals surface area contributed by atoms with Gasteiger partial charge in [-0.1, -0.05) is 6.58 Å². The summed E-state index contributed by atoms with van der Waals surface area (Å²) in [6, 6.07) is 1.11.